The van der Waals surface area contributed by atoms with Gasteiger partial charge in [-0.3, -0.25) is 9.59 Å². The van der Waals surface area contributed by atoms with Gasteiger partial charge in [-0.25, -0.2) is 19.6 Å². The van der Waals surface area contributed by atoms with Gasteiger partial charge in [0.05, 0.1) is 34.2 Å². The van der Waals surface area contributed by atoms with E-state index >= 15 is 0 Å². The van der Waals surface area contributed by atoms with Crippen LogP contribution in [0.3, 0.4) is 0 Å². The molecule has 14 nitrogen and oxygen atoms in total. The van der Waals surface area contributed by atoms with Crippen LogP contribution in [0.25, 0.3) is 33.2 Å². The quantitative estimate of drug-likeness (QED) is 0.102. The smallest absolute Gasteiger partial charge is 0.408 e. The lowest BCUT2D eigenvalue weighted by Crippen LogP contribution is -2.55. The van der Waals surface area contributed by atoms with Crippen molar-refractivity contribution in [2.75, 3.05) is 13.1 Å². The second-order valence-electron chi connectivity index (χ2n) is 16.6. The molecule has 310 valence electrons. The van der Waals surface area contributed by atoms with Crippen LogP contribution >= 0.6 is 0 Å². The molecule has 4 amide bonds. The summed E-state index contributed by atoms with van der Waals surface area (Å²) in [4.78, 5) is 73.5. The molecule has 14 heteroatoms. The number of fused-ring (bicyclic) bond motifs is 2. The molecule has 8 rings (SSSR count). The summed E-state index contributed by atoms with van der Waals surface area (Å²) in [7, 11) is 0. The Bertz CT molecular complexity index is 2360. The maximum absolute atomic E-state index is 13.9. The fourth-order valence-corrected chi connectivity index (χ4v) is 8.18. The van der Waals surface area contributed by atoms with E-state index in [-0.39, 0.29) is 37.1 Å². The maximum atomic E-state index is 13.9. The molecule has 0 spiro atoms. The van der Waals surface area contributed by atoms with Crippen LogP contribution in [-0.2, 0) is 32.3 Å². The monoisotopic (exact) mass is 810 g/mol. The van der Waals surface area contributed by atoms with Crippen molar-refractivity contribution in [3.8, 4) is 11.1 Å². The van der Waals surface area contributed by atoms with E-state index in [1.165, 1.54) is 0 Å². The number of nitrogens with zero attached hydrogens (tertiary/aromatic N) is 4. The standard InChI is InChI=1S/C46H50N8O6/c1-45(2,51-43(57)59-27-29-13-7-5-8-14-29)41(55)53-23-11-17-37(53)39-47-33-21-19-31(25-35(33)49-39)32-20-22-34-36(26-32)50-40(48-34)38-18-12-24-54(38)42(56)46(3,4)52-44(58)60-28-30-15-9-6-10-16-30/h5-10,13-16,19-22,25-26,37-38H,11-12,17-18,23-24,27-28H2,1-4H3,(H,47,49)(H,48,50)(H,51,57)(H,52,58)/t37-,38-/m0/s1. The first-order chi connectivity index (χ1) is 28.8. The minimum Gasteiger partial charge on any atom is -0.445 e. The molecule has 0 bridgehead atoms. The highest BCUT2D eigenvalue weighted by molar-refractivity contribution is 5.91. The number of alkyl carbamates (subject to hydrolysis) is 2. The zero-order valence-electron chi connectivity index (χ0n) is 34.3. The molecule has 4 aromatic carbocycles. The number of aromatic nitrogens is 4. The molecular formula is C46H50N8O6. The lowest BCUT2D eigenvalue weighted by atomic mass is 10.0. The van der Waals surface area contributed by atoms with Crippen molar-refractivity contribution < 1.29 is 28.7 Å². The number of benzene rings is 4. The fourth-order valence-electron chi connectivity index (χ4n) is 8.18. The number of nitrogens with one attached hydrogen (secondary N) is 4. The van der Waals surface area contributed by atoms with Gasteiger partial charge < -0.3 is 39.9 Å². The summed E-state index contributed by atoms with van der Waals surface area (Å²) in [5.41, 5.74) is 4.52. The third kappa shape index (κ3) is 8.54. The molecule has 4 heterocycles. The molecule has 4 N–H and O–H groups in total. The molecule has 2 saturated heterocycles. The van der Waals surface area contributed by atoms with Gasteiger partial charge in [0.2, 0.25) is 11.8 Å². The zero-order valence-corrected chi connectivity index (χ0v) is 34.3. The second-order valence-corrected chi connectivity index (χ2v) is 16.6. The molecule has 6 aromatic rings. The molecular weight excluding hydrogens is 761 g/mol. The number of imidazole rings is 2. The number of ether oxygens (including phenoxy) is 2. The third-order valence-electron chi connectivity index (χ3n) is 11.3. The first-order valence-corrected chi connectivity index (χ1v) is 20.4. The summed E-state index contributed by atoms with van der Waals surface area (Å²) in [5.74, 6) is 0.976. The van der Waals surface area contributed by atoms with E-state index in [9.17, 15) is 19.2 Å². The molecule has 0 unspecified atom stereocenters. The van der Waals surface area contributed by atoms with Crippen molar-refractivity contribution in [1.29, 1.82) is 0 Å². The molecule has 0 radical (unpaired) electrons. The van der Waals surface area contributed by atoms with Gasteiger partial charge in [0, 0.05) is 13.1 Å². The van der Waals surface area contributed by atoms with Crippen molar-refractivity contribution in [3.05, 3.63) is 120 Å². The molecule has 0 saturated carbocycles. The normalized spacial score (nSPS) is 16.9. The minimum atomic E-state index is -1.20. The van der Waals surface area contributed by atoms with Crippen LogP contribution in [-0.4, -0.2) is 77.9 Å². The van der Waals surface area contributed by atoms with Crippen molar-refractivity contribution >= 4 is 46.1 Å². The number of H-pyrrole nitrogens is 2. The predicted octanol–water partition coefficient (Wildman–Crippen LogP) is 7.84. The Hall–Kier alpha value is -6.70. The van der Waals surface area contributed by atoms with E-state index in [0.29, 0.717) is 24.7 Å². The van der Waals surface area contributed by atoms with Crippen molar-refractivity contribution in [2.24, 2.45) is 0 Å². The molecule has 2 fully saturated rings. The Morgan fingerprint density at radius 3 is 1.42 bits per heavy atom. The molecule has 2 aliphatic rings. The number of aromatic amines is 2. The number of rotatable bonds is 11. The Morgan fingerprint density at radius 1 is 0.617 bits per heavy atom. The summed E-state index contributed by atoms with van der Waals surface area (Å²) in [6.07, 6.45) is 1.79. The highest BCUT2D eigenvalue weighted by Gasteiger charge is 2.42. The van der Waals surface area contributed by atoms with Crippen molar-refractivity contribution in [1.82, 2.24) is 40.4 Å². The van der Waals surface area contributed by atoms with Crippen molar-refractivity contribution in [3.63, 3.8) is 0 Å². The lowest BCUT2D eigenvalue weighted by molar-refractivity contribution is -0.138. The van der Waals surface area contributed by atoms with Gasteiger partial charge in [-0.05, 0) is 99.9 Å². The average molecular weight is 811 g/mol. The average Bonchev–Trinajstić information content (AvgIpc) is 4.07. The van der Waals surface area contributed by atoms with Crippen LogP contribution in [0, 0.1) is 0 Å². The maximum Gasteiger partial charge on any atom is 0.408 e. The molecule has 2 aliphatic heterocycles. The SMILES string of the molecule is CC(C)(NC(=O)OCc1ccccc1)C(=O)N1CCC[C@H]1c1nc2ccc(-c3ccc4nc([C@@H]5CCCN5C(=O)C(C)(C)NC(=O)OCc5ccccc5)[nH]c4c3)cc2[nH]1. The van der Waals surface area contributed by atoms with Gasteiger partial charge in [0.1, 0.15) is 35.9 Å². The largest absolute Gasteiger partial charge is 0.445 e. The summed E-state index contributed by atoms with van der Waals surface area (Å²) in [6, 6.07) is 30.3. The molecule has 0 aliphatic carbocycles. The Balaban J connectivity index is 0.930. The van der Waals surface area contributed by atoms with Gasteiger partial charge in [-0.1, -0.05) is 72.8 Å². The van der Waals surface area contributed by atoms with Crippen LogP contribution in [0.4, 0.5) is 9.59 Å². The highest BCUT2D eigenvalue weighted by atomic mass is 16.6. The van der Waals surface area contributed by atoms with Gasteiger partial charge in [-0.15, -0.1) is 0 Å². The first kappa shape index (κ1) is 40.1. The molecule has 60 heavy (non-hydrogen) atoms. The highest BCUT2D eigenvalue weighted by Crippen LogP contribution is 2.36. The van der Waals surface area contributed by atoms with E-state index in [1.54, 1.807) is 37.5 Å². The number of carbonyl (C=O) groups excluding carboxylic acids is 4. The molecule has 2 atom stereocenters. The van der Waals surface area contributed by atoms with Gasteiger partial charge in [-0.2, -0.15) is 0 Å². The van der Waals surface area contributed by atoms with Gasteiger partial charge in [0.15, 0.2) is 0 Å². The van der Waals surface area contributed by atoms with E-state index in [0.717, 1.165) is 70.0 Å². The summed E-state index contributed by atoms with van der Waals surface area (Å²) in [5, 5.41) is 5.52. The first-order valence-electron chi connectivity index (χ1n) is 20.4. The predicted molar refractivity (Wildman–Crippen MR) is 226 cm³/mol. The topological polar surface area (TPSA) is 175 Å². The lowest BCUT2D eigenvalue weighted by Gasteiger charge is -2.32. The number of carbonyl (C=O) groups is 4. The van der Waals surface area contributed by atoms with Crippen LogP contribution in [0.15, 0.2) is 97.1 Å². The van der Waals surface area contributed by atoms with E-state index in [1.807, 2.05) is 84.9 Å². The van der Waals surface area contributed by atoms with Crippen molar-refractivity contribution in [2.45, 2.75) is 89.8 Å². The van der Waals surface area contributed by atoms with Crippen LogP contribution < -0.4 is 10.6 Å². The Kier molecular flexibility index (Phi) is 11.0. The van der Waals surface area contributed by atoms with Crippen LogP contribution in [0.2, 0.25) is 0 Å². The zero-order chi connectivity index (χ0) is 42.0. The number of hydrogen-bond acceptors (Lipinski definition) is 8. The van der Waals surface area contributed by atoms with E-state index in [2.05, 4.69) is 32.7 Å². The number of amides is 4. The van der Waals surface area contributed by atoms with E-state index in [4.69, 9.17) is 19.4 Å². The Morgan fingerprint density at radius 2 is 1.02 bits per heavy atom. The van der Waals surface area contributed by atoms with Gasteiger partial charge >= 0.3 is 12.2 Å². The summed E-state index contributed by atoms with van der Waals surface area (Å²) < 4.78 is 10.8. The number of hydrogen-bond donors (Lipinski definition) is 4. The number of likely N-dealkylation sites (tertiary alicyclic amines) is 2. The van der Waals surface area contributed by atoms with Gasteiger partial charge in [0.25, 0.3) is 0 Å². The Labute approximate surface area is 348 Å². The fraction of sp³-hybridized carbons (Fsp3) is 0.348. The molecule has 2 aromatic heterocycles. The van der Waals surface area contributed by atoms with E-state index < -0.39 is 23.3 Å². The third-order valence-corrected chi connectivity index (χ3v) is 11.3. The van der Waals surface area contributed by atoms with Crippen LogP contribution in [0.5, 0.6) is 0 Å². The summed E-state index contributed by atoms with van der Waals surface area (Å²) in [6.45, 7) is 8.08. The van der Waals surface area contributed by atoms with Crippen LogP contribution in [0.1, 0.15) is 88.2 Å². The summed E-state index contributed by atoms with van der Waals surface area (Å²) >= 11 is 0. The second kappa shape index (κ2) is 16.5. The minimum absolute atomic E-state index is 0.109.